The SMILES string of the molecule is CCCCCCCCC=CCCCCCCCC(=O)O.CCCCCCCCC=CCCCCCCCC(=O)O.[KH].[KH].[KH]. The van der Waals surface area contributed by atoms with E-state index in [0.717, 1.165) is 25.7 Å². The summed E-state index contributed by atoms with van der Waals surface area (Å²) in [6.07, 6.45) is 42.5. The number of hydrogen-bond acceptors (Lipinski definition) is 2. The van der Waals surface area contributed by atoms with Crippen molar-refractivity contribution in [3.05, 3.63) is 24.3 Å². The Morgan fingerprint density at radius 1 is 0.372 bits per heavy atom. The molecule has 0 aliphatic rings. The van der Waals surface area contributed by atoms with Crippen LogP contribution in [0.5, 0.6) is 0 Å². The number of aliphatic carboxylic acids is 2. The maximum absolute atomic E-state index is 10.3. The molecule has 0 fully saturated rings. The van der Waals surface area contributed by atoms with Gasteiger partial charge in [0.25, 0.3) is 0 Å². The molecule has 0 spiro atoms. The molecule has 0 unspecified atom stereocenters. The zero-order valence-corrected chi connectivity index (χ0v) is 26.8. The first-order valence-electron chi connectivity index (χ1n) is 17.3. The second kappa shape index (κ2) is 52.1. The number of carboxylic acid groups (broad SMARTS) is 2. The van der Waals surface area contributed by atoms with E-state index in [1.165, 1.54) is 141 Å². The summed E-state index contributed by atoms with van der Waals surface area (Å²) in [4.78, 5) is 20.6. The third-order valence-corrected chi connectivity index (χ3v) is 7.30. The summed E-state index contributed by atoms with van der Waals surface area (Å²) in [7, 11) is 0. The number of carbonyl (C=O) groups is 2. The standard InChI is InChI=1S/2C18H34O2.3K.3H/c2*1-2-3-4-5-6-7-8-9-10-11-12-13-14-15-16-17-18(19)20;;;;;;/h2*9-10H,2-8,11-17H2,1H3,(H,19,20);;;;;;. The van der Waals surface area contributed by atoms with Crippen LogP contribution in [0.3, 0.4) is 0 Å². The van der Waals surface area contributed by atoms with E-state index in [-0.39, 0.29) is 154 Å². The summed E-state index contributed by atoms with van der Waals surface area (Å²) >= 11 is 0. The first kappa shape index (κ1) is 55.7. The van der Waals surface area contributed by atoms with Gasteiger partial charge in [0, 0.05) is 12.8 Å². The Bertz CT molecular complexity index is 533. The van der Waals surface area contributed by atoms with Crippen LogP contribution in [0.4, 0.5) is 0 Å². The molecule has 4 nitrogen and oxygen atoms in total. The molecule has 0 atom stereocenters. The molecular formula is C36H71K3O4. The summed E-state index contributed by atoms with van der Waals surface area (Å²) in [5.74, 6) is -1.33. The molecule has 0 saturated carbocycles. The van der Waals surface area contributed by atoms with Crippen molar-refractivity contribution in [2.75, 3.05) is 0 Å². The van der Waals surface area contributed by atoms with Crippen LogP contribution in [0, 0.1) is 0 Å². The molecule has 0 aromatic rings. The van der Waals surface area contributed by atoms with E-state index in [2.05, 4.69) is 38.2 Å². The molecule has 0 aliphatic carbocycles. The molecule has 2 N–H and O–H groups in total. The number of carboxylic acids is 2. The molecule has 0 aliphatic heterocycles. The molecule has 0 aromatic carbocycles. The first-order valence-corrected chi connectivity index (χ1v) is 17.3. The van der Waals surface area contributed by atoms with E-state index in [0.29, 0.717) is 12.8 Å². The minimum atomic E-state index is -0.664. The molecule has 0 aromatic heterocycles. The van der Waals surface area contributed by atoms with Gasteiger partial charge in [-0.25, -0.2) is 0 Å². The molecule has 0 saturated heterocycles. The van der Waals surface area contributed by atoms with Gasteiger partial charge < -0.3 is 10.2 Å². The number of rotatable bonds is 30. The fraction of sp³-hybridized carbons (Fsp3) is 0.833. The van der Waals surface area contributed by atoms with Gasteiger partial charge in [0.2, 0.25) is 0 Å². The van der Waals surface area contributed by atoms with Crippen LogP contribution in [0.15, 0.2) is 24.3 Å². The molecule has 7 heteroatoms. The quantitative estimate of drug-likeness (QED) is 0.0449. The number of allylic oxidation sites excluding steroid dienone is 4. The number of unbranched alkanes of at least 4 members (excludes halogenated alkanes) is 22. The predicted molar refractivity (Wildman–Crippen MR) is 196 cm³/mol. The van der Waals surface area contributed by atoms with Gasteiger partial charge in [0.05, 0.1) is 0 Å². The third kappa shape index (κ3) is 61.1. The molecule has 0 heterocycles. The molecule has 43 heavy (non-hydrogen) atoms. The first-order chi connectivity index (χ1) is 19.5. The van der Waals surface area contributed by atoms with E-state index < -0.39 is 11.9 Å². The summed E-state index contributed by atoms with van der Waals surface area (Å²) < 4.78 is 0. The average molecular weight is 685 g/mol. The maximum atomic E-state index is 10.3. The summed E-state index contributed by atoms with van der Waals surface area (Å²) in [6.45, 7) is 4.52. The van der Waals surface area contributed by atoms with E-state index >= 15 is 0 Å². The van der Waals surface area contributed by atoms with Crippen molar-refractivity contribution >= 4 is 166 Å². The van der Waals surface area contributed by atoms with Gasteiger partial charge in [-0.2, -0.15) is 0 Å². The fourth-order valence-electron chi connectivity index (χ4n) is 4.69. The van der Waals surface area contributed by atoms with Crippen LogP contribution in [0.1, 0.15) is 194 Å². The topological polar surface area (TPSA) is 74.6 Å². The van der Waals surface area contributed by atoms with E-state index in [9.17, 15) is 9.59 Å². The monoisotopic (exact) mass is 684 g/mol. The number of hydrogen-bond donors (Lipinski definition) is 2. The van der Waals surface area contributed by atoms with Crippen LogP contribution in [-0.2, 0) is 9.59 Å². The van der Waals surface area contributed by atoms with Crippen molar-refractivity contribution in [2.45, 2.75) is 194 Å². The predicted octanol–water partition coefficient (Wildman–Crippen LogP) is 10.3. The second-order valence-electron chi connectivity index (χ2n) is 11.5. The van der Waals surface area contributed by atoms with Gasteiger partial charge in [-0.1, -0.05) is 141 Å². The summed E-state index contributed by atoms with van der Waals surface area (Å²) in [6, 6.07) is 0. The Balaban J connectivity index is -0.000000209. The Kier molecular flexibility index (Phi) is 67.6. The molecule has 242 valence electrons. The van der Waals surface area contributed by atoms with Gasteiger partial charge >= 0.3 is 166 Å². The molecule has 0 bridgehead atoms. The Hall–Kier alpha value is 3.33. The van der Waals surface area contributed by atoms with Gasteiger partial charge in [0.1, 0.15) is 0 Å². The second-order valence-corrected chi connectivity index (χ2v) is 11.5. The van der Waals surface area contributed by atoms with Crippen molar-refractivity contribution in [1.82, 2.24) is 0 Å². The molecular weight excluding hydrogens is 614 g/mol. The van der Waals surface area contributed by atoms with Gasteiger partial charge in [-0.3, -0.25) is 9.59 Å². The normalized spacial score (nSPS) is 10.5. The van der Waals surface area contributed by atoms with Crippen molar-refractivity contribution in [3.63, 3.8) is 0 Å². The van der Waals surface area contributed by atoms with Crippen LogP contribution < -0.4 is 0 Å². The van der Waals surface area contributed by atoms with E-state index in [4.69, 9.17) is 10.2 Å². The van der Waals surface area contributed by atoms with Crippen molar-refractivity contribution in [2.24, 2.45) is 0 Å². The van der Waals surface area contributed by atoms with Gasteiger partial charge in [0.15, 0.2) is 0 Å². The Morgan fingerprint density at radius 2 is 0.581 bits per heavy atom. The average Bonchev–Trinajstić information content (AvgIpc) is 2.93. The van der Waals surface area contributed by atoms with Crippen molar-refractivity contribution in [1.29, 1.82) is 0 Å². The Morgan fingerprint density at radius 3 is 0.814 bits per heavy atom. The van der Waals surface area contributed by atoms with E-state index in [1.54, 1.807) is 0 Å². The summed E-state index contributed by atoms with van der Waals surface area (Å²) in [5.41, 5.74) is 0. The zero-order valence-electron chi connectivity index (χ0n) is 26.8. The third-order valence-electron chi connectivity index (χ3n) is 7.30. The van der Waals surface area contributed by atoms with Crippen LogP contribution >= 0.6 is 0 Å². The molecule has 0 amide bonds. The van der Waals surface area contributed by atoms with Gasteiger partial charge in [-0.05, 0) is 64.2 Å². The summed E-state index contributed by atoms with van der Waals surface area (Å²) in [5, 5.41) is 17.0. The molecule has 0 radical (unpaired) electrons. The minimum absolute atomic E-state index is 0. The Labute approximate surface area is 396 Å². The fourth-order valence-corrected chi connectivity index (χ4v) is 4.69. The van der Waals surface area contributed by atoms with Gasteiger partial charge in [-0.15, -0.1) is 0 Å². The van der Waals surface area contributed by atoms with Crippen LogP contribution in [0.2, 0.25) is 0 Å². The molecule has 0 rings (SSSR count). The van der Waals surface area contributed by atoms with Crippen LogP contribution in [-0.4, -0.2) is 176 Å². The van der Waals surface area contributed by atoms with Crippen LogP contribution in [0.25, 0.3) is 0 Å². The van der Waals surface area contributed by atoms with Crippen molar-refractivity contribution in [3.8, 4) is 0 Å². The van der Waals surface area contributed by atoms with Crippen molar-refractivity contribution < 1.29 is 19.8 Å². The van der Waals surface area contributed by atoms with E-state index in [1.807, 2.05) is 0 Å². The zero-order chi connectivity index (χ0) is 29.8.